The number of sulfone groups is 1. The van der Waals surface area contributed by atoms with Crippen LogP contribution in [0.5, 0.6) is 0 Å². The van der Waals surface area contributed by atoms with E-state index in [4.69, 9.17) is 4.42 Å². The predicted molar refractivity (Wildman–Crippen MR) is 96.7 cm³/mol. The van der Waals surface area contributed by atoms with Crippen molar-refractivity contribution >= 4 is 21.8 Å². The van der Waals surface area contributed by atoms with Crippen molar-refractivity contribution in [2.24, 2.45) is 0 Å². The minimum Gasteiger partial charge on any atom is -0.403 e. The summed E-state index contributed by atoms with van der Waals surface area (Å²) in [4.78, 5) is 12.4. The molecule has 26 heavy (non-hydrogen) atoms. The van der Waals surface area contributed by atoms with Gasteiger partial charge in [0.2, 0.25) is 5.89 Å². The average molecular weight is 371 g/mol. The van der Waals surface area contributed by atoms with E-state index in [-0.39, 0.29) is 16.5 Å². The molecule has 0 aliphatic carbocycles. The lowest BCUT2D eigenvalue weighted by Crippen LogP contribution is -2.12. The van der Waals surface area contributed by atoms with E-state index in [1.165, 1.54) is 24.3 Å². The molecule has 0 fully saturated rings. The van der Waals surface area contributed by atoms with Crippen LogP contribution < -0.4 is 5.32 Å². The van der Waals surface area contributed by atoms with Crippen LogP contribution in [0.3, 0.4) is 0 Å². The Morgan fingerprint density at radius 2 is 1.62 bits per heavy atom. The van der Waals surface area contributed by atoms with Gasteiger partial charge in [0, 0.05) is 17.4 Å². The minimum absolute atomic E-state index is 0.0312. The van der Waals surface area contributed by atoms with E-state index < -0.39 is 15.7 Å². The molecule has 3 aromatic rings. The highest BCUT2D eigenvalue weighted by molar-refractivity contribution is 7.90. The fourth-order valence-electron chi connectivity index (χ4n) is 2.51. The van der Waals surface area contributed by atoms with Gasteiger partial charge in [-0.15, -0.1) is 5.10 Å². The lowest BCUT2D eigenvalue weighted by atomic mass is 10.1. The second-order valence-corrected chi connectivity index (χ2v) is 8.06. The number of nitrogens with one attached hydrogen (secondary N) is 1. The molecular formula is C18H17N3O4S. The first kappa shape index (κ1) is 17.8. The van der Waals surface area contributed by atoms with Crippen LogP contribution in [-0.2, 0) is 9.84 Å². The van der Waals surface area contributed by atoms with Crippen LogP contribution in [0.25, 0.3) is 11.5 Å². The molecular weight excluding hydrogens is 354 g/mol. The van der Waals surface area contributed by atoms with Crippen LogP contribution in [-0.4, -0.2) is 30.8 Å². The van der Waals surface area contributed by atoms with E-state index in [0.29, 0.717) is 5.89 Å². The highest BCUT2D eigenvalue weighted by Crippen LogP contribution is 2.22. The van der Waals surface area contributed by atoms with Crippen molar-refractivity contribution in [3.8, 4) is 11.5 Å². The Bertz CT molecular complexity index is 1050. The minimum atomic E-state index is -3.31. The SMILES string of the molecule is Cc1cc(C)cc(-c2nnc(NC(=O)c3ccc(S(C)(=O)=O)cc3)o2)c1. The second kappa shape index (κ2) is 6.72. The van der Waals surface area contributed by atoms with Crippen LogP contribution in [0.15, 0.2) is 51.8 Å². The Labute approximate surface area is 151 Å². The first-order valence-corrected chi connectivity index (χ1v) is 9.65. The molecule has 1 amide bonds. The lowest BCUT2D eigenvalue weighted by molar-refractivity contribution is 0.102. The molecule has 3 rings (SSSR count). The van der Waals surface area contributed by atoms with E-state index in [1.54, 1.807) is 0 Å². The molecule has 1 aromatic heterocycles. The summed E-state index contributed by atoms with van der Waals surface area (Å²) in [5, 5.41) is 10.3. The average Bonchev–Trinajstić information content (AvgIpc) is 3.02. The summed E-state index contributed by atoms with van der Waals surface area (Å²) in [5.74, 6) is -0.166. The van der Waals surface area contributed by atoms with Gasteiger partial charge < -0.3 is 4.42 Å². The molecule has 0 unspecified atom stereocenters. The molecule has 1 N–H and O–H groups in total. The third kappa shape index (κ3) is 3.97. The number of nitrogens with zero attached hydrogens (tertiary/aromatic N) is 2. The van der Waals surface area contributed by atoms with Gasteiger partial charge >= 0.3 is 6.01 Å². The summed E-state index contributed by atoms with van der Waals surface area (Å²) in [6.07, 6.45) is 1.11. The van der Waals surface area contributed by atoms with Gasteiger partial charge in [0.05, 0.1) is 4.90 Å². The Morgan fingerprint density at radius 3 is 2.19 bits per heavy atom. The van der Waals surface area contributed by atoms with E-state index in [9.17, 15) is 13.2 Å². The van der Waals surface area contributed by atoms with Gasteiger partial charge in [-0.1, -0.05) is 22.3 Å². The van der Waals surface area contributed by atoms with Gasteiger partial charge in [0.15, 0.2) is 9.84 Å². The van der Waals surface area contributed by atoms with Crippen LogP contribution in [0, 0.1) is 13.8 Å². The Balaban J connectivity index is 1.77. The smallest absolute Gasteiger partial charge is 0.322 e. The third-order valence-corrected chi connectivity index (χ3v) is 4.79. The topological polar surface area (TPSA) is 102 Å². The monoisotopic (exact) mass is 371 g/mol. The Morgan fingerprint density at radius 1 is 1.00 bits per heavy atom. The number of anilines is 1. The first-order valence-electron chi connectivity index (χ1n) is 7.76. The molecule has 2 aromatic carbocycles. The largest absolute Gasteiger partial charge is 0.403 e. The van der Waals surface area contributed by atoms with Crippen LogP contribution in [0.2, 0.25) is 0 Å². The zero-order chi connectivity index (χ0) is 18.9. The zero-order valence-corrected chi connectivity index (χ0v) is 15.3. The van der Waals surface area contributed by atoms with E-state index in [2.05, 4.69) is 15.5 Å². The number of hydrogen-bond donors (Lipinski definition) is 1. The number of aryl methyl sites for hydroxylation is 2. The van der Waals surface area contributed by atoms with Crippen molar-refractivity contribution in [1.29, 1.82) is 0 Å². The normalized spacial score (nSPS) is 11.3. The van der Waals surface area contributed by atoms with Crippen molar-refractivity contribution in [3.05, 3.63) is 59.2 Å². The van der Waals surface area contributed by atoms with Crippen LogP contribution in [0.1, 0.15) is 21.5 Å². The number of carbonyl (C=O) groups excluding carboxylic acids is 1. The number of aromatic nitrogens is 2. The quantitative estimate of drug-likeness (QED) is 0.756. The maximum Gasteiger partial charge on any atom is 0.322 e. The standard InChI is InChI=1S/C18H17N3O4S/c1-11-8-12(2)10-14(9-11)17-20-21-18(25-17)19-16(22)13-4-6-15(7-5-13)26(3,23)24/h4-10H,1-3H3,(H,19,21,22). The molecule has 0 saturated carbocycles. The maximum absolute atomic E-state index is 12.2. The fourth-order valence-corrected chi connectivity index (χ4v) is 3.14. The molecule has 8 heteroatoms. The molecule has 0 aliphatic rings. The number of hydrogen-bond acceptors (Lipinski definition) is 6. The molecule has 134 valence electrons. The lowest BCUT2D eigenvalue weighted by Gasteiger charge is -2.02. The summed E-state index contributed by atoms with van der Waals surface area (Å²) in [7, 11) is -3.31. The molecule has 0 bridgehead atoms. The van der Waals surface area contributed by atoms with Gasteiger partial charge in [0.25, 0.3) is 5.91 Å². The van der Waals surface area contributed by atoms with Gasteiger partial charge in [-0.3, -0.25) is 10.1 Å². The van der Waals surface area contributed by atoms with Gasteiger partial charge in [-0.25, -0.2) is 8.42 Å². The molecule has 0 saturated heterocycles. The van der Waals surface area contributed by atoms with Crippen molar-refractivity contribution in [2.45, 2.75) is 18.7 Å². The summed E-state index contributed by atoms with van der Waals surface area (Å²) < 4.78 is 28.4. The molecule has 0 spiro atoms. The van der Waals surface area contributed by atoms with Crippen LogP contribution >= 0.6 is 0 Å². The number of benzene rings is 2. The Kier molecular flexibility index (Phi) is 4.60. The predicted octanol–water partition coefficient (Wildman–Crippen LogP) is 3.01. The number of carbonyl (C=O) groups is 1. The highest BCUT2D eigenvalue weighted by atomic mass is 32.2. The van der Waals surface area contributed by atoms with Crippen molar-refractivity contribution in [3.63, 3.8) is 0 Å². The Hall–Kier alpha value is -3.00. The summed E-state index contributed by atoms with van der Waals surface area (Å²) in [5.41, 5.74) is 3.18. The number of rotatable bonds is 4. The van der Waals surface area contributed by atoms with Gasteiger partial charge in [-0.2, -0.15) is 0 Å². The van der Waals surface area contributed by atoms with E-state index >= 15 is 0 Å². The zero-order valence-electron chi connectivity index (χ0n) is 14.5. The summed E-state index contributed by atoms with van der Waals surface area (Å²) in [6.45, 7) is 3.94. The third-order valence-electron chi connectivity index (χ3n) is 3.66. The fraction of sp³-hybridized carbons (Fsp3) is 0.167. The van der Waals surface area contributed by atoms with Crippen molar-refractivity contribution in [2.75, 3.05) is 11.6 Å². The molecule has 7 nitrogen and oxygen atoms in total. The number of amides is 1. The molecule has 0 radical (unpaired) electrons. The molecule has 0 aliphatic heterocycles. The molecule has 1 heterocycles. The van der Waals surface area contributed by atoms with E-state index in [0.717, 1.165) is 22.9 Å². The second-order valence-electron chi connectivity index (χ2n) is 6.04. The summed E-state index contributed by atoms with van der Waals surface area (Å²) >= 11 is 0. The van der Waals surface area contributed by atoms with E-state index in [1.807, 2.05) is 32.0 Å². The highest BCUT2D eigenvalue weighted by Gasteiger charge is 2.14. The van der Waals surface area contributed by atoms with Crippen LogP contribution in [0.4, 0.5) is 6.01 Å². The summed E-state index contributed by atoms with van der Waals surface area (Å²) in [6, 6.07) is 11.4. The first-order chi connectivity index (χ1) is 12.2. The van der Waals surface area contributed by atoms with Crippen molar-refractivity contribution < 1.29 is 17.6 Å². The van der Waals surface area contributed by atoms with Gasteiger partial charge in [0.1, 0.15) is 0 Å². The maximum atomic E-state index is 12.2. The van der Waals surface area contributed by atoms with Crippen molar-refractivity contribution in [1.82, 2.24) is 10.2 Å². The van der Waals surface area contributed by atoms with Gasteiger partial charge in [-0.05, 0) is 50.2 Å². The molecule has 0 atom stereocenters.